The number of rotatable bonds is 5. The van der Waals surface area contributed by atoms with Gasteiger partial charge in [-0.15, -0.1) is 0 Å². The average Bonchev–Trinajstić information content (AvgIpc) is 3.36. The van der Waals surface area contributed by atoms with Crippen molar-refractivity contribution in [2.45, 2.75) is 57.5 Å². The summed E-state index contributed by atoms with van der Waals surface area (Å²) in [5.41, 5.74) is 1.01. The second kappa shape index (κ2) is 8.31. The standard InChI is InChI=1S/C19H26N4O2S/c24-19(14-4-2-1-3-5-14)20-16-6-9-23(10-7-16)12-17-21-18(22-25-17)15-8-11-26-13-15/h8,11,13-14,16H,1-7,9-10,12H2,(H,20,24). The molecule has 1 saturated heterocycles. The van der Waals surface area contributed by atoms with E-state index in [1.54, 1.807) is 11.3 Å². The molecule has 1 amide bonds. The highest BCUT2D eigenvalue weighted by molar-refractivity contribution is 7.08. The van der Waals surface area contributed by atoms with E-state index in [4.69, 9.17) is 4.52 Å². The number of hydrogen-bond donors (Lipinski definition) is 1. The van der Waals surface area contributed by atoms with E-state index < -0.39 is 0 Å². The highest BCUT2D eigenvalue weighted by Crippen LogP contribution is 2.24. The highest BCUT2D eigenvalue weighted by atomic mass is 32.1. The summed E-state index contributed by atoms with van der Waals surface area (Å²) in [6.45, 7) is 2.58. The predicted octanol–water partition coefficient (Wildman–Crippen LogP) is 3.46. The lowest BCUT2D eigenvalue weighted by atomic mass is 9.88. The van der Waals surface area contributed by atoms with E-state index in [1.165, 1.54) is 19.3 Å². The van der Waals surface area contributed by atoms with Crippen molar-refractivity contribution in [1.82, 2.24) is 20.4 Å². The van der Waals surface area contributed by atoms with Crippen molar-refractivity contribution >= 4 is 17.2 Å². The summed E-state index contributed by atoms with van der Waals surface area (Å²) >= 11 is 1.63. The van der Waals surface area contributed by atoms with Crippen molar-refractivity contribution in [3.63, 3.8) is 0 Å². The summed E-state index contributed by atoms with van der Waals surface area (Å²) in [5, 5.41) is 11.4. The minimum absolute atomic E-state index is 0.246. The van der Waals surface area contributed by atoms with Crippen LogP contribution in [0.25, 0.3) is 11.4 Å². The zero-order valence-corrected chi connectivity index (χ0v) is 15.8. The van der Waals surface area contributed by atoms with Crippen LogP contribution in [0.3, 0.4) is 0 Å². The molecule has 1 aliphatic carbocycles. The van der Waals surface area contributed by atoms with Gasteiger partial charge in [-0.1, -0.05) is 24.4 Å². The first-order chi connectivity index (χ1) is 12.8. The van der Waals surface area contributed by atoms with Crippen molar-refractivity contribution in [3.8, 4) is 11.4 Å². The van der Waals surface area contributed by atoms with Crippen molar-refractivity contribution in [2.24, 2.45) is 5.92 Å². The topological polar surface area (TPSA) is 71.3 Å². The quantitative estimate of drug-likeness (QED) is 0.868. The maximum absolute atomic E-state index is 12.4. The molecule has 3 heterocycles. The second-order valence-corrected chi connectivity index (χ2v) is 8.20. The molecule has 1 aliphatic heterocycles. The summed E-state index contributed by atoms with van der Waals surface area (Å²) in [6, 6.07) is 2.31. The molecule has 0 atom stereocenters. The van der Waals surface area contributed by atoms with E-state index in [0.717, 1.165) is 44.3 Å². The molecule has 6 nitrogen and oxygen atoms in total. The zero-order chi connectivity index (χ0) is 17.8. The molecule has 0 unspecified atom stereocenters. The fourth-order valence-electron chi connectivity index (χ4n) is 3.94. The molecule has 0 spiro atoms. The molecule has 26 heavy (non-hydrogen) atoms. The molecule has 1 N–H and O–H groups in total. The van der Waals surface area contributed by atoms with Crippen LogP contribution in [-0.2, 0) is 11.3 Å². The smallest absolute Gasteiger partial charge is 0.241 e. The first-order valence-electron chi connectivity index (χ1n) is 9.66. The van der Waals surface area contributed by atoms with Crippen LogP contribution < -0.4 is 5.32 Å². The highest BCUT2D eigenvalue weighted by Gasteiger charge is 2.26. The Kier molecular flexibility index (Phi) is 5.65. The Morgan fingerprint density at radius 1 is 1.23 bits per heavy atom. The van der Waals surface area contributed by atoms with Gasteiger partial charge in [0.15, 0.2) is 0 Å². The largest absolute Gasteiger partial charge is 0.353 e. The van der Waals surface area contributed by atoms with Crippen LogP contribution in [0.4, 0.5) is 0 Å². The van der Waals surface area contributed by atoms with Crippen molar-refractivity contribution in [1.29, 1.82) is 0 Å². The van der Waals surface area contributed by atoms with E-state index in [9.17, 15) is 4.79 Å². The van der Waals surface area contributed by atoms with Gasteiger partial charge in [-0.3, -0.25) is 9.69 Å². The number of likely N-dealkylation sites (tertiary alicyclic amines) is 1. The van der Waals surface area contributed by atoms with Gasteiger partial charge in [0.05, 0.1) is 6.54 Å². The van der Waals surface area contributed by atoms with Gasteiger partial charge in [-0.05, 0) is 37.1 Å². The zero-order valence-electron chi connectivity index (χ0n) is 15.0. The maximum Gasteiger partial charge on any atom is 0.241 e. The number of nitrogens with one attached hydrogen (secondary N) is 1. The molecular formula is C19H26N4O2S. The van der Waals surface area contributed by atoms with Crippen molar-refractivity contribution in [2.75, 3.05) is 13.1 Å². The molecule has 2 aromatic heterocycles. The van der Waals surface area contributed by atoms with E-state index in [-0.39, 0.29) is 11.8 Å². The van der Waals surface area contributed by atoms with Crippen molar-refractivity contribution in [3.05, 3.63) is 22.7 Å². The van der Waals surface area contributed by atoms with Crippen LogP contribution in [0.15, 0.2) is 21.3 Å². The van der Waals surface area contributed by atoms with Gasteiger partial charge in [0.25, 0.3) is 0 Å². The van der Waals surface area contributed by atoms with Gasteiger partial charge in [0, 0.05) is 36.0 Å². The Morgan fingerprint density at radius 3 is 2.77 bits per heavy atom. The maximum atomic E-state index is 12.4. The molecule has 140 valence electrons. The number of carbonyl (C=O) groups excluding carboxylic acids is 1. The van der Waals surface area contributed by atoms with Gasteiger partial charge in [0.2, 0.25) is 17.6 Å². The average molecular weight is 375 g/mol. The number of amides is 1. The normalized spacial score (nSPS) is 20.3. The Morgan fingerprint density at radius 2 is 2.04 bits per heavy atom. The van der Waals surface area contributed by atoms with Gasteiger partial charge in [-0.2, -0.15) is 16.3 Å². The summed E-state index contributed by atoms with van der Waals surface area (Å²) in [6.07, 6.45) is 7.80. The summed E-state index contributed by atoms with van der Waals surface area (Å²) in [5.74, 6) is 1.85. The Bertz CT molecular complexity index is 701. The molecule has 2 fully saturated rings. The molecule has 0 radical (unpaired) electrons. The third-order valence-electron chi connectivity index (χ3n) is 5.52. The minimum atomic E-state index is 0.246. The number of aromatic nitrogens is 2. The number of nitrogens with zero attached hydrogens (tertiary/aromatic N) is 3. The van der Waals surface area contributed by atoms with Gasteiger partial charge >= 0.3 is 0 Å². The molecule has 1 saturated carbocycles. The molecule has 0 aromatic carbocycles. The lowest BCUT2D eigenvalue weighted by Gasteiger charge is -2.32. The Labute approximate surface area is 158 Å². The summed E-state index contributed by atoms with van der Waals surface area (Å²) in [7, 11) is 0. The number of hydrogen-bond acceptors (Lipinski definition) is 6. The molecule has 4 rings (SSSR count). The summed E-state index contributed by atoms with van der Waals surface area (Å²) in [4.78, 5) is 19.2. The van der Waals surface area contributed by atoms with Crippen LogP contribution in [0, 0.1) is 5.92 Å². The lowest BCUT2D eigenvalue weighted by molar-refractivity contribution is -0.127. The fraction of sp³-hybridized carbons (Fsp3) is 0.632. The SMILES string of the molecule is O=C(NC1CCN(Cc2nc(-c3ccsc3)no2)CC1)C1CCCCC1. The lowest BCUT2D eigenvalue weighted by Crippen LogP contribution is -2.46. The third-order valence-corrected chi connectivity index (χ3v) is 6.20. The Balaban J connectivity index is 1.23. The van der Waals surface area contributed by atoms with E-state index >= 15 is 0 Å². The minimum Gasteiger partial charge on any atom is -0.353 e. The van der Waals surface area contributed by atoms with Gasteiger partial charge in [-0.25, -0.2) is 0 Å². The van der Waals surface area contributed by atoms with E-state index in [2.05, 4.69) is 20.4 Å². The van der Waals surface area contributed by atoms with Gasteiger partial charge in [0.1, 0.15) is 0 Å². The van der Waals surface area contributed by atoms with Crippen molar-refractivity contribution < 1.29 is 9.32 Å². The van der Waals surface area contributed by atoms with Crippen LogP contribution in [-0.4, -0.2) is 40.1 Å². The third kappa shape index (κ3) is 4.32. The summed E-state index contributed by atoms with van der Waals surface area (Å²) < 4.78 is 5.39. The predicted molar refractivity (Wildman–Crippen MR) is 101 cm³/mol. The molecule has 0 bridgehead atoms. The molecule has 2 aliphatic rings. The van der Waals surface area contributed by atoms with E-state index in [1.807, 2.05) is 16.8 Å². The monoisotopic (exact) mass is 374 g/mol. The number of piperidine rings is 1. The number of carbonyl (C=O) groups is 1. The fourth-order valence-corrected chi connectivity index (χ4v) is 4.57. The Hall–Kier alpha value is -1.73. The van der Waals surface area contributed by atoms with Crippen LogP contribution in [0.5, 0.6) is 0 Å². The van der Waals surface area contributed by atoms with Crippen LogP contribution in [0.1, 0.15) is 50.8 Å². The first-order valence-corrected chi connectivity index (χ1v) is 10.6. The number of thiophene rings is 1. The molecular weight excluding hydrogens is 348 g/mol. The van der Waals surface area contributed by atoms with Crippen LogP contribution in [0.2, 0.25) is 0 Å². The van der Waals surface area contributed by atoms with Crippen LogP contribution >= 0.6 is 11.3 Å². The first kappa shape index (κ1) is 17.7. The second-order valence-electron chi connectivity index (χ2n) is 7.42. The molecule has 7 heteroatoms. The van der Waals surface area contributed by atoms with Gasteiger partial charge < -0.3 is 9.84 Å². The van der Waals surface area contributed by atoms with E-state index in [0.29, 0.717) is 24.3 Å². The molecule has 2 aromatic rings.